The summed E-state index contributed by atoms with van der Waals surface area (Å²) in [6.45, 7) is 0. The van der Waals surface area contributed by atoms with E-state index in [1.807, 2.05) is 0 Å². The molecule has 1 aliphatic rings. The second kappa shape index (κ2) is 4.37. The number of hydrogen-bond acceptors (Lipinski definition) is 3. The zero-order chi connectivity index (χ0) is 11.6. The molecule has 1 aliphatic carbocycles. The van der Waals surface area contributed by atoms with Crippen molar-refractivity contribution in [3.8, 4) is 5.75 Å². The molecule has 2 unspecified atom stereocenters. The minimum absolute atomic E-state index is 0.0510. The molecule has 0 aliphatic heterocycles. The number of alkyl halides is 1. The summed E-state index contributed by atoms with van der Waals surface area (Å²) in [6, 6.07) is 1.66. The van der Waals surface area contributed by atoms with Crippen molar-refractivity contribution in [3.05, 3.63) is 24.0 Å². The molecular formula is C12H17FN2O. The third-order valence-electron chi connectivity index (χ3n) is 3.20. The second-order valence-electron chi connectivity index (χ2n) is 4.44. The first-order valence-corrected chi connectivity index (χ1v) is 5.58. The normalized spacial score (nSPS) is 30.1. The Hall–Kier alpha value is -1.16. The fourth-order valence-corrected chi connectivity index (χ4v) is 2.30. The Morgan fingerprint density at radius 2 is 2.38 bits per heavy atom. The van der Waals surface area contributed by atoms with Crippen LogP contribution in [0.15, 0.2) is 18.5 Å². The predicted molar refractivity (Wildman–Crippen MR) is 60.0 cm³/mol. The van der Waals surface area contributed by atoms with Crippen molar-refractivity contribution in [3.63, 3.8) is 0 Å². The van der Waals surface area contributed by atoms with Crippen molar-refractivity contribution in [1.82, 2.24) is 4.98 Å². The van der Waals surface area contributed by atoms with E-state index in [0.717, 1.165) is 12.8 Å². The first kappa shape index (κ1) is 11.3. The van der Waals surface area contributed by atoms with Gasteiger partial charge in [-0.15, -0.1) is 0 Å². The van der Waals surface area contributed by atoms with Gasteiger partial charge in [0.05, 0.1) is 13.3 Å². The first-order chi connectivity index (χ1) is 7.64. The van der Waals surface area contributed by atoms with Gasteiger partial charge in [-0.2, -0.15) is 0 Å². The summed E-state index contributed by atoms with van der Waals surface area (Å²) >= 11 is 0. The van der Waals surface area contributed by atoms with Crippen molar-refractivity contribution in [2.45, 2.75) is 37.4 Å². The quantitative estimate of drug-likeness (QED) is 0.837. The third-order valence-corrected chi connectivity index (χ3v) is 3.20. The molecule has 2 atom stereocenters. The minimum Gasteiger partial charge on any atom is -0.495 e. The van der Waals surface area contributed by atoms with Crippen molar-refractivity contribution in [2.24, 2.45) is 5.73 Å². The lowest BCUT2D eigenvalue weighted by atomic mass is 9.79. The van der Waals surface area contributed by atoms with Gasteiger partial charge in [-0.3, -0.25) is 4.98 Å². The average Bonchev–Trinajstić information content (AvgIpc) is 2.29. The topological polar surface area (TPSA) is 48.1 Å². The Morgan fingerprint density at radius 1 is 1.56 bits per heavy atom. The maximum absolute atomic E-state index is 14.7. The highest BCUT2D eigenvalue weighted by Gasteiger charge is 2.37. The van der Waals surface area contributed by atoms with E-state index in [-0.39, 0.29) is 6.04 Å². The van der Waals surface area contributed by atoms with Crippen molar-refractivity contribution in [1.29, 1.82) is 0 Å². The van der Waals surface area contributed by atoms with Gasteiger partial charge in [0.15, 0.2) is 0 Å². The van der Waals surface area contributed by atoms with Crippen LogP contribution in [0.3, 0.4) is 0 Å². The molecule has 1 aromatic heterocycles. The van der Waals surface area contributed by atoms with Crippen LogP contribution in [0.2, 0.25) is 0 Å². The number of aromatic nitrogens is 1. The lowest BCUT2D eigenvalue weighted by molar-refractivity contribution is 0.0940. The zero-order valence-electron chi connectivity index (χ0n) is 9.45. The van der Waals surface area contributed by atoms with Gasteiger partial charge in [-0.25, -0.2) is 4.39 Å². The summed E-state index contributed by atoms with van der Waals surface area (Å²) in [5.74, 6) is 0.591. The molecule has 0 bridgehead atoms. The second-order valence-corrected chi connectivity index (χ2v) is 4.44. The number of halogens is 1. The molecule has 1 aromatic rings. The van der Waals surface area contributed by atoms with E-state index in [2.05, 4.69) is 4.98 Å². The molecule has 0 amide bonds. The molecule has 0 saturated heterocycles. The van der Waals surface area contributed by atoms with E-state index in [9.17, 15) is 4.39 Å². The Morgan fingerprint density at radius 3 is 3.06 bits per heavy atom. The number of rotatable bonds is 2. The smallest absolute Gasteiger partial charge is 0.139 e. The maximum atomic E-state index is 14.7. The molecule has 1 fully saturated rings. The van der Waals surface area contributed by atoms with Crippen LogP contribution in [0.25, 0.3) is 0 Å². The Balaban J connectivity index is 2.27. The summed E-state index contributed by atoms with van der Waals surface area (Å²) < 4.78 is 19.8. The summed E-state index contributed by atoms with van der Waals surface area (Å²) in [5, 5.41) is 0. The molecule has 1 heterocycles. The minimum atomic E-state index is -1.33. The SMILES string of the molecule is COc1cncc(C2(F)CCCC(N)C2)c1. The van der Waals surface area contributed by atoms with Crippen LogP contribution in [0.4, 0.5) is 4.39 Å². The van der Waals surface area contributed by atoms with Gasteiger partial charge < -0.3 is 10.5 Å². The molecule has 4 heteroatoms. The van der Waals surface area contributed by atoms with E-state index >= 15 is 0 Å². The number of ether oxygens (including phenoxy) is 1. The van der Waals surface area contributed by atoms with Crippen LogP contribution in [-0.4, -0.2) is 18.1 Å². The molecule has 3 nitrogen and oxygen atoms in total. The standard InChI is InChI=1S/C12H17FN2O/c1-16-11-5-9(7-15-8-11)12(13)4-2-3-10(14)6-12/h5,7-8,10H,2-4,6,14H2,1H3. The highest BCUT2D eigenvalue weighted by atomic mass is 19.1. The van der Waals surface area contributed by atoms with Gasteiger partial charge >= 0.3 is 0 Å². The summed E-state index contributed by atoms with van der Waals surface area (Å²) in [5.41, 5.74) is 5.08. The third kappa shape index (κ3) is 2.16. The largest absolute Gasteiger partial charge is 0.495 e. The average molecular weight is 224 g/mol. The zero-order valence-corrected chi connectivity index (χ0v) is 9.45. The molecular weight excluding hydrogens is 207 g/mol. The van der Waals surface area contributed by atoms with Crippen molar-refractivity contribution < 1.29 is 9.13 Å². The van der Waals surface area contributed by atoms with Gasteiger partial charge in [0.2, 0.25) is 0 Å². The molecule has 1 saturated carbocycles. The number of nitrogens with two attached hydrogens (primary N) is 1. The van der Waals surface area contributed by atoms with E-state index < -0.39 is 5.67 Å². The summed E-state index contributed by atoms with van der Waals surface area (Å²) in [6.07, 6.45) is 5.78. The highest BCUT2D eigenvalue weighted by Crippen LogP contribution is 2.40. The van der Waals surface area contributed by atoms with Crippen LogP contribution in [0.5, 0.6) is 5.75 Å². The first-order valence-electron chi connectivity index (χ1n) is 5.58. The predicted octanol–water partition coefficient (Wildman–Crippen LogP) is 2.16. The van der Waals surface area contributed by atoms with Gasteiger partial charge in [0, 0.05) is 24.2 Å². The lowest BCUT2D eigenvalue weighted by Gasteiger charge is -2.33. The van der Waals surface area contributed by atoms with E-state index in [4.69, 9.17) is 10.5 Å². The van der Waals surface area contributed by atoms with Crippen LogP contribution in [-0.2, 0) is 5.67 Å². The van der Waals surface area contributed by atoms with Gasteiger partial charge in [0.25, 0.3) is 0 Å². The molecule has 88 valence electrons. The lowest BCUT2D eigenvalue weighted by Crippen LogP contribution is -2.36. The Bertz CT molecular complexity index is 372. The molecule has 2 N–H and O–H groups in total. The van der Waals surface area contributed by atoms with Crippen LogP contribution < -0.4 is 10.5 Å². The van der Waals surface area contributed by atoms with Gasteiger partial charge in [0.1, 0.15) is 11.4 Å². The van der Waals surface area contributed by atoms with Crippen molar-refractivity contribution in [2.75, 3.05) is 7.11 Å². The van der Waals surface area contributed by atoms with E-state index in [0.29, 0.717) is 24.2 Å². The molecule has 0 radical (unpaired) electrons. The van der Waals surface area contributed by atoms with Gasteiger partial charge in [-0.1, -0.05) is 0 Å². The van der Waals surface area contributed by atoms with Crippen molar-refractivity contribution >= 4 is 0 Å². The van der Waals surface area contributed by atoms with E-state index in [1.165, 1.54) is 0 Å². The number of hydrogen-bond donors (Lipinski definition) is 1. The summed E-state index contributed by atoms with van der Waals surface area (Å²) in [7, 11) is 1.55. The van der Waals surface area contributed by atoms with Crippen LogP contribution in [0.1, 0.15) is 31.2 Å². The molecule has 16 heavy (non-hydrogen) atoms. The number of nitrogens with zero attached hydrogens (tertiary/aromatic N) is 1. The van der Waals surface area contributed by atoms with Gasteiger partial charge in [-0.05, 0) is 25.3 Å². The highest BCUT2D eigenvalue weighted by molar-refractivity contribution is 5.28. The monoisotopic (exact) mass is 224 g/mol. The fourth-order valence-electron chi connectivity index (χ4n) is 2.30. The number of methoxy groups -OCH3 is 1. The Labute approximate surface area is 94.8 Å². The van der Waals surface area contributed by atoms with Crippen LogP contribution >= 0.6 is 0 Å². The fraction of sp³-hybridized carbons (Fsp3) is 0.583. The van der Waals surface area contributed by atoms with Crippen LogP contribution in [0, 0.1) is 0 Å². The van der Waals surface area contributed by atoms with E-state index in [1.54, 1.807) is 25.6 Å². The maximum Gasteiger partial charge on any atom is 0.139 e. The Kier molecular flexibility index (Phi) is 3.10. The summed E-state index contributed by atoms with van der Waals surface area (Å²) in [4.78, 5) is 4.00. The molecule has 2 rings (SSSR count). The number of pyridine rings is 1. The molecule has 0 aromatic carbocycles. The molecule has 0 spiro atoms.